The number of nitrogens with zero attached hydrogens (tertiary/aromatic N) is 1. The van der Waals surface area contributed by atoms with Crippen molar-refractivity contribution in [3.63, 3.8) is 0 Å². The molecule has 0 aliphatic carbocycles. The molecule has 0 bridgehead atoms. The molecule has 4 heteroatoms. The summed E-state index contributed by atoms with van der Waals surface area (Å²) in [6, 6.07) is 7.57. The Morgan fingerprint density at radius 2 is 1.89 bits per heavy atom. The van der Waals surface area contributed by atoms with E-state index in [1.807, 2.05) is 36.1 Å². The van der Waals surface area contributed by atoms with Crippen molar-refractivity contribution in [2.45, 2.75) is 33.1 Å². The summed E-state index contributed by atoms with van der Waals surface area (Å²) in [5, 5.41) is 0. The Labute approximate surface area is 120 Å². The zero-order valence-corrected chi connectivity index (χ0v) is 12.5. The van der Waals surface area contributed by atoms with E-state index in [9.17, 15) is 4.79 Å². The Hall–Kier alpha value is -1.42. The zero-order chi connectivity index (χ0) is 14.3. The van der Waals surface area contributed by atoms with E-state index in [-0.39, 0.29) is 5.91 Å². The van der Waals surface area contributed by atoms with Crippen molar-refractivity contribution in [3.05, 3.63) is 35.4 Å². The number of likely N-dealkylation sites (N-methyl/N-ethyl adjacent to an activating group) is 1. The molecule has 0 radical (unpaired) electrons. The minimum atomic E-state index is 0.180. The van der Waals surface area contributed by atoms with Crippen LogP contribution in [0, 0.1) is 0 Å². The summed E-state index contributed by atoms with van der Waals surface area (Å²) in [6.07, 6.45) is 2.60. The van der Waals surface area contributed by atoms with E-state index < -0.39 is 0 Å². The highest BCUT2D eigenvalue weighted by atomic mass is 32.1. The Kier molecular flexibility index (Phi) is 6.50. The number of carbonyl (C=O) groups excluding carboxylic acids is 1. The maximum Gasteiger partial charge on any atom is 0.226 e. The molecule has 0 spiro atoms. The Morgan fingerprint density at radius 1 is 1.26 bits per heavy atom. The van der Waals surface area contributed by atoms with Crippen LogP contribution in [0.4, 0.5) is 0 Å². The van der Waals surface area contributed by atoms with Gasteiger partial charge in [0, 0.05) is 18.7 Å². The van der Waals surface area contributed by atoms with Crippen LogP contribution in [0.15, 0.2) is 24.3 Å². The Bertz CT molecular complexity index is 428. The first-order valence-electron chi connectivity index (χ1n) is 6.75. The van der Waals surface area contributed by atoms with Crippen molar-refractivity contribution in [3.8, 4) is 0 Å². The lowest BCUT2D eigenvalue weighted by molar-refractivity contribution is -0.130. The van der Waals surface area contributed by atoms with Gasteiger partial charge in [0.05, 0.1) is 6.42 Å². The number of thiocarbonyl (C=S) groups is 1. The lowest BCUT2D eigenvalue weighted by Crippen LogP contribution is -2.32. The van der Waals surface area contributed by atoms with Crippen LogP contribution in [0.25, 0.3) is 0 Å². The predicted octanol–water partition coefficient (Wildman–Crippen LogP) is 2.51. The molecule has 0 heterocycles. The first-order valence-corrected chi connectivity index (χ1v) is 7.15. The molecule has 19 heavy (non-hydrogen) atoms. The molecule has 1 aromatic carbocycles. The number of hydrogen-bond acceptors (Lipinski definition) is 2. The highest BCUT2D eigenvalue weighted by Gasteiger charge is 2.11. The van der Waals surface area contributed by atoms with E-state index in [0.29, 0.717) is 11.4 Å². The fraction of sp³-hybridized carbons (Fsp3) is 0.467. The van der Waals surface area contributed by atoms with E-state index in [1.54, 1.807) is 0 Å². The Balaban J connectivity index is 2.62. The average molecular weight is 278 g/mol. The molecule has 1 aromatic rings. The van der Waals surface area contributed by atoms with Gasteiger partial charge in [-0.05, 0) is 18.9 Å². The maximum absolute atomic E-state index is 12.1. The highest BCUT2D eigenvalue weighted by Crippen LogP contribution is 2.07. The van der Waals surface area contributed by atoms with Crippen LogP contribution in [-0.2, 0) is 11.2 Å². The van der Waals surface area contributed by atoms with Crippen molar-refractivity contribution in [2.24, 2.45) is 5.73 Å². The van der Waals surface area contributed by atoms with Crippen LogP contribution < -0.4 is 5.73 Å². The average Bonchev–Trinajstić information content (AvgIpc) is 2.40. The van der Waals surface area contributed by atoms with Gasteiger partial charge < -0.3 is 10.6 Å². The number of amides is 1. The Morgan fingerprint density at radius 3 is 2.37 bits per heavy atom. The number of rotatable bonds is 7. The van der Waals surface area contributed by atoms with Gasteiger partial charge in [-0.3, -0.25) is 4.79 Å². The third-order valence-corrected chi connectivity index (χ3v) is 3.35. The van der Waals surface area contributed by atoms with Crippen LogP contribution in [0.3, 0.4) is 0 Å². The monoisotopic (exact) mass is 278 g/mol. The van der Waals surface area contributed by atoms with E-state index in [1.165, 1.54) is 0 Å². The van der Waals surface area contributed by atoms with Crippen molar-refractivity contribution in [1.29, 1.82) is 0 Å². The van der Waals surface area contributed by atoms with Crippen LogP contribution >= 0.6 is 12.2 Å². The third kappa shape index (κ3) is 4.99. The second kappa shape index (κ2) is 7.89. The SMILES string of the molecule is CCCCN(CC)C(=O)Cc1ccc(C(N)=S)cc1. The third-order valence-electron chi connectivity index (χ3n) is 3.11. The standard InChI is InChI=1S/C15H22N2OS/c1-3-5-10-17(4-2)14(18)11-12-6-8-13(9-7-12)15(16)19/h6-9H,3-5,10-11H2,1-2H3,(H2,16,19). The molecule has 3 nitrogen and oxygen atoms in total. The van der Waals surface area contributed by atoms with Gasteiger partial charge in [-0.1, -0.05) is 49.8 Å². The molecule has 0 saturated heterocycles. The largest absolute Gasteiger partial charge is 0.389 e. The first kappa shape index (κ1) is 15.6. The summed E-state index contributed by atoms with van der Waals surface area (Å²) in [5.74, 6) is 0.180. The molecule has 1 rings (SSSR count). The van der Waals surface area contributed by atoms with Crippen LogP contribution in [0.1, 0.15) is 37.8 Å². The fourth-order valence-electron chi connectivity index (χ4n) is 1.88. The molecule has 0 unspecified atom stereocenters. The molecule has 2 N–H and O–H groups in total. The number of benzene rings is 1. The van der Waals surface area contributed by atoms with Gasteiger partial charge in [-0.25, -0.2) is 0 Å². The van der Waals surface area contributed by atoms with Crippen LogP contribution in [0.5, 0.6) is 0 Å². The molecular weight excluding hydrogens is 256 g/mol. The second-order valence-electron chi connectivity index (χ2n) is 4.56. The number of unbranched alkanes of at least 4 members (excludes halogenated alkanes) is 1. The molecule has 0 saturated carbocycles. The number of nitrogens with two attached hydrogens (primary N) is 1. The summed E-state index contributed by atoms with van der Waals surface area (Å²) in [5.41, 5.74) is 7.38. The van der Waals surface area contributed by atoms with Crippen molar-refractivity contribution >= 4 is 23.1 Å². The van der Waals surface area contributed by atoms with Gasteiger partial charge in [0.2, 0.25) is 5.91 Å². The van der Waals surface area contributed by atoms with Crippen LogP contribution in [0.2, 0.25) is 0 Å². The summed E-state index contributed by atoms with van der Waals surface area (Å²) >= 11 is 4.90. The molecule has 0 aromatic heterocycles. The van der Waals surface area contributed by atoms with Crippen LogP contribution in [-0.4, -0.2) is 28.9 Å². The highest BCUT2D eigenvalue weighted by molar-refractivity contribution is 7.80. The van der Waals surface area contributed by atoms with Gasteiger partial charge in [0.1, 0.15) is 4.99 Å². The molecule has 0 aliphatic heterocycles. The fourth-order valence-corrected chi connectivity index (χ4v) is 2.02. The smallest absolute Gasteiger partial charge is 0.226 e. The predicted molar refractivity (Wildman–Crippen MR) is 83.2 cm³/mol. The van der Waals surface area contributed by atoms with Crippen molar-refractivity contribution in [1.82, 2.24) is 4.90 Å². The first-order chi connectivity index (χ1) is 9.08. The normalized spacial score (nSPS) is 10.2. The molecule has 1 amide bonds. The van der Waals surface area contributed by atoms with Crippen molar-refractivity contribution in [2.75, 3.05) is 13.1 Å². The summed E-state index contributed by atoms with van der Waals surface area (Å²) in [4.78, 5) is 14.4. The minimum Gasteiger partial charge on any atom is -0.389 e. The number of hydrogen-bond donors (Lipinski definition) is 1. The molecule has 104 valence electrons. The molecule has 0 fully saturated rings. The molecule has 0 aliphatic rings. The van der Waals surface area contributed by atoms with E-state index >= 15 is 0 Å². The maximum atomic E-state index is 12.1. The lowest BCUT2D eigenvalue weighted by atomic mass is 10.1. The second-order valence-corrected chi connectivity index (χ2v) is 5.00. The van der Waals surface area contributed by atoms with Gasteiger partial charge in [0.15, 0.2) is 0 Å². The summed E-state index contributed by atoms with van der Waals surface area (Å²) < 4.78 is 0. The summed E-state index contributed by atoms with van der Waals surface area (Å²) in [7, 11) is 0. The van der Waals surface area contributed by atoms with Gasteiger partial charge in [-0.2, -0.15) is 0 Å². The van der Waals surface area contributed by atoms with Gasteiger partial charge in [-0.15, -0.1) is 0 Å². The van der Waals surface area contributed by atoms with E-state index in [4.69, 9.17) is 18.0 Å². The number of carbonyl (C=O) groups is 1. The molecule has 0 atom stereocenters. The van der Waals surface area contributed by atoms with Gasteiger partial charge in [0.25, 0.3) is 0 Å². The minimum absolute atomic E-state index is 0.180. The topological polar surface area (TPSA) is 46.3 Å². The lowest BCUT2D eigenvalue weighted by Gasteiger charge is -2.20. The quantitative estimate of drug-likeness (QED) is 0.780. The van der Waals surface area contributed by atoms with Gasteiger partial charge >= 0.3 is 0 Å². The molecular formula is C15H22N2OS. The van der Waals surface area contributed by atoms with E-state index in [2.05, 4.69) is 6.92 Å². The summed E-state index contributed by atoms with van der Waals surface area (Å²) in [6.45, 7) is 5.76. The zero-order valence-electron chi connectivity index (χ0n) is 11.7. The van der Waals surface area contributed by atoms with E-state index in [0.717, 1.165) is 37.1 Å². The van der Waals surface area contributed by atoms with Crippen molar-refractivity contribution < 1.29 is 4.79 Å².